The predicted octanol–water partition coefficient (Wildman–Crippen LogP) is 2.71. The van der Waals surface area contributed by atoms with Crippen molar-refractivity contribution in [3.8, 4) is 5.69 Å². The Hall–Kier alpha value is -2.92. The summed E-state index contributed by atoms with van der Waals surface area (Å²) in [6.45, 7) is 2.26. The topological polar surface area (TPSA) is 104 Å². The lowest BCUT2D eigenvalue weighted by molar-refractivity contribution is -0.124. The molecule has 2 amide bonds. The van der Waals surface area contributed by atoms with E-state index in [1.807, 2.05) is 43.5 Å². The molecule has 0 aliphatic carbocycles. The van der Waals surface area contributed by atoms with Crippen molar-refractivity contribution in [3.63, 3.8) is 0 Å². The SMILES string of the molecule is Cc1cn(-c2ccccc2)nc1CNC(=O)C1CC(C(=O)Nc2ccnc(Cl)c2)N(C)SN1. The first-order chi connectivity index (χ1) is 15.9. The third-order valence-corrected chi connectivity index (χ3v) is 6.44. The molecule has 9 nitrogen and oxygen atoms in total. The van der Waals surface area contributed by atoms with Gasteiger partial charge in [0, 0.05) is 30.2 Å². The Morgan fingerprint density at radius 3 is 2.79 bits per heavy atom. The Morgan fingerprint density at radius 1 is 1.24 bits per heavy atom. The first-order valence-corrected chi connectivity index (χ1v) is 11.5. The van der Waals surface area contributed by atoms with E-state index in [1.165, 1.54) is 18.3 Å². The zero-order valence-corrected chi connectivity index (χ0v) is 19.7. The molecule has 3 N–H and O–H groups in total. The maximum Gasteiger partial charge on any atom is 0.242 e. The second-order valence-corrected chi connectivity index (χ2v) is 9.05. The summed E-state index contributed by atoms with van der Waals surface area (Å²) < 4.78 is 6.69. The van der Waals surface area contributed by atoms with Crippen molar-refractivity contribution in [3.05, 3.63) is 71.3 Å². The summed E-state index contributed by atoms with van der Waals surface area (Å²) in [5, 5.41) is 10.7. The minimum absolute atomic E-state index is 0.186. The van der Waals surface area contributed by atoms with Crippen molar-refractivity contribution in [1.29, 1.82) is 0 Å². The third kappa shape index (κ3) is 5.72. The minimum atomic E-state index is -0.528. The Kier molecular flexibility index (Phi) is 7.29. The molecule has 2 unspecified atom stereocenters. The number of anilines is 1. The number of benzene rings is 1. The van der Waals surface area contributed by atoms with Crippen molar-refractivity contribution in [1.82, 2.24) is 29.1 Å². The van der Waals surface area contributed by atoms with E-state index in [-0.39, 0.29) is 11.8 Å². The van der Waals surface area contributed by atoms with Crippen LogP contribution in [0, 0.1) is 6.92 Å². The van der Waals surface area contributed by atoms with Crippen LogP contribution in [0.25, 0.3) is 5.69 Å². The van der Waals surface area contributed by atoms with Gasteiger partial charge in [0.05, 0.1) is 24.0 Å². The van der Waals surface area contributed by atoms with E-state index in [1.54, 1.807) is 28.2 Å². The number of aromatic nitrogens is 3. The summed E-state index contributed by atoms with van der Waals surface area (Å²) in [4.78, 5) is 29.6. The molecule has 1 aliphatic heterocycles. The number of aryl methyl sites for hydroxylation is 1. The van der Waals surface area contributed by atoms with E-state index in [4.69, 9.17) is 11.6 Å². The van der Waals surface area contributed by atoms with E-state index >= 15 is 0 Å². The molecule has 2 atom stereocenters. The van der Waals surface area contributed by atoms with Crippen LogP contribution in [0.3, 0.4) is 0 Å². The molecule has 4 rings (SSSR count). The number of carbonyl (C=O) groups is 2. The molecule has 1 saturated heterocycles. The maximum atomic E-state index is 12.8. The molecule has 1 aromatic carbocycles. The molecule has 3 aromatic rings. The normalized spacial score (nSPS) is 18.6. The zero-order chi connectivity index (χ0) is 23.4. The Labute approximate surface area is 201 Å². The lowest BCUT2D eigenvalue weighted by Crippen LogP contribution is -2.54. The predicted molar refractivity (Wildman–Crippen MR) is 129 cm³/mol. The van der Waals surface area contributed by atoms with Crippen LogP contribution in [0.5, 0.6) is 0 Å². The van der Waals surface area contributed by atoms with Gasteiger partial charge in [-0.15, -0.1) is 0 Å². The molecule has 1 aliphatic rings. The highest BCUT2D eigenvalue weighted by atomic mass is 35.5. The number of hydrogen-bond acceptors (Lipinski definition) is 7. The molecule has 2 aromatic heterocycles. The number of nitrogens with one attached hydrogen (secondary N) is 3. The van der Waals surface area contributed by atoms with Crippen molar-refractivity contribution < 1.29 is 9.59 Å². The van der Waals surface area contributed by atoms with Gasteiger partial charge in [-0.25, -0.2) is 18.7 Å². The van der Waals surface area contributed by atoms with Gasteiger partial charge < -0.3 is 10.6 Å². The molecule has 33 heavy (non-hydrogen) atoms. The average Bonchev–Trinajstić information content (AvgIpc) is 3.19. The van der Waals surface area contributed by atoms with Crippen molar-refractivity contribution >= 4 is 41.2 Å². The maximum absolute atomic E-state index is 12.8. The summed E-state index contributed by atoms with van der Waals surface area (Å²) in [5.74, 6) is -0.405. The van der Waals surface area contributed by atoms with Gasteiger partial charge >= 0.3 is 0 Å². The highest BCUT2D eigenvalue weighted by molar-refractivity contribution is 7.95. The van der Waals surface area contributed by atoms with Crippen molar-refractivity contribution in [2.24, 2.45) is 0 Å². The van der Waals surface area contributed by atoms with Gasteiger partial charge in [0.1, 0.15) is 11.2 Å². The van der Waals surface area contributed by atoms with E-state index < -0.39 is 12.1 Å². The number of carbonyl (C=O) groups excluding carboxylic acids is 2. The van der Waals surface area contributed by atoms with Gasteiger partial charge in [-0.2, -0.15) is 5.10 Å². The third-order valence-electron chi connectivity index (χ3n) is 5.30. The van der Waals surface area contributed by atoms with Gasteiger partial charge in [-0.1, -0.05) is 29.8 Å². The monoisotopic (exact) mass is 485 g/mol. The van der Waals surface area contributed by atoms with Gasteiger partial charge in [0.25, 0.3) is 0 Å². The molecule has 0 saturated carbocycles. The van der Waals surface area contributed by atoms with Crippen LogP contribution in [0.1, 0.15) is 17.7 Å². The molecule has 0 radical (unpaired) electrons. The largest absolute Gasteiger partial charge is 0.349 e. The standard InChI is InChI=1S/C22H24ClN7O2S/c1-14-13-30(16-6-4-3-5-7-16)27-18(14)12-25-21(31)17-11-19(29(2)33-28-17)22(32)26-15-8-9-24-20(23)10-15/h3-10,13,17,19,28H,11-12H2,1-2H3,(H,25,31)(H,24,26,32). The van der Waals surface area contributed by atoms with Crippen LogP contribution < -0.4 is 15.4 Å². The second kappa shape index (κ2) is 10.3. The molecule has 0 bridgehead atoms. The Balaban J connectivity index is 1.36. The quantitative estimate of drug-likeness (QED) is 0.364. The number of pyridine rings is 1. The highest BCUT2D eigenvalue weighted by Crippen LogP contribution is 2.23. The van der Waals surface area contributed by atoms with Gasteiger partial charge in [-0.05, 0) is 50.2 Å². The fourth-order valence-corrected chi connectivity index (χ4v) is 4.43. The zero-order valence-electron chi connectivity index (χ0n) is 18.2. The number of amides is 2. The molecule has 1 fully saturated rings. The van der Waals surface area contributed by atoms with Gasteiger partial charge in [-0.3, -0.25) is 9.59 Å². The average molecular weight is 486 g/mol. The summed E-state index contributed by atoms with van der Waals surface area (Å²) in [7, 11) is 1.80. The number of halogens is 1. The number of hydrogen-bond donors (Lipinski definition) is 3. The Morgan fingerprint density at radius 2 is 2.03 bits per heavy atom. The number of nitrogens with zero attached hydrogens (tertiary/aromatic N) is 4. The van der Waals surface area contributed by atoms with Crippen molar-refractivity contribution in [2.75, 3.05) is 12.4 Å². The van der Waals surface area contributed by atoms with E-state index in [9.17, 15) is 9.59 Å². The van der Waals surface area contributed by atoms with Crippen LogP contribution in [0.4, 0.5) is 5.69 Å². The fourth-order valence-electron chi connectivity index (χ4n) is 3.45. The van der Waals surface area contributed by atoms with Crippen LogP contribution in [-0.2, 0) is 16.1 Å². The van der Waals surface area contributed by atoms with E-state index in [0.717, 1.165) is 16.9 Å². The van der Waals surface area contributed by atoms with E-state index in [0.29, 0.717) is 23.8 Å². The summed E-state index contributed by atoms with van der Waals surface area (Å²) in [6, 6.07) is 12.0. The molecular formula is C22H24ClN7O2S. The summed E-state index contributed by atoms with van der Waals surface area (Å²) in [5.41, 5.74) is 3.29. The van der Waals surface area contributed by atoms with Crippen molar-refractivity contribution in [2.45, 2.75) is 32.0 Å². The number of para-hydroxylation sites is 1. The second-order valence-electron chi connectivity index (χ2n) is 7.67. The molecule has 11 heteroatoms. The fraction of sp³-hybridized carbons (Fsp3) is 0.273. The molecule has 172 valence electrons. The number of likely N-dealkylation sites (N-methyl/N-ethyl adjacent to an activating group) is 1. The molecule has 3 heterocycles. The first-order valence-electron chi connectivity index (χ1n) is 10.4. The Bertz CT molecular complexity index is 1140. The van der Waals surface area contributed by atoms with Gasteiger partial charge in [0.2, 0.25) is 11.8 Å². The van der Waals surface area contributed by atoms with E-state index in [2.05, 4.69) is 25.4 Å². The molecular weight excluding hydrogens is 462 g/mol. The lowest BCUT2D eigenvalue weighted by Gasteiger charge is -2.34. The van der Waals surface area contributed by atoms with Crippen LogP contribution >= 0.6 is 23.7 Å². The van der Waals surface area contributed by atoms with Gasteiger partial charge in [0.15, 0.2) is 0 Å². The number of rotatable bonds is 6. The lowest BCUT2D eigenvalue weighted by atomic mass is 10.1. The first kappa shape index (κ1) is 23.2. The smallest absolute Gasteiger partial charge is 0.242 e. The summed E-state index contributed by atoms with van der Waals surface area (Å²) >= 11 is 7.13. The van der Waals surface area contributed by atoms with Crippen LogP contribution in [0.15, 0.2) is 54.9 Å². The summed E-state index contributed by atoms with van der Waals surface area (Å²) in [6.07, 6.45) is 3.78. The van der Waals surface area contributed by atoms with Crippen LogP contribution in [-0.4, -0.2) is 50.0 Å². The molecule has 0 spiro atoms. The van der Waals surface area contributed by atoms with Crippen LogP contribution in [0.2, 0.25) is 5.15 Å². The minimum Gasteiger partial charge on any atom is -0.349 e. The highest BCUT2D eigenvalue weighted by Gasteiger charge is 2.35.